The Hall–Kier alpha value is -3.45. The van der Waals surface area contributed by atoms with Gasteiger partial charge in [0.05, 0.1) is 23.3 Å². The maximum absolute atomic E-state index is 12.2. The van der Waals surface area contributed by atoms with E-state index in [0.717, 1.165) is 0 Å². The average Bonchev–Trinajstić information content (AvgIpc) is 2.69. The van der Waals surface area contributed by atoms with Crippen LogP contribution in [0.4, 0.5) is 17.3 Å². The van der Waals surface area contributed by atoms with Gasteiger partial charge in [-0.2, -0.15) is 0 Å². The smallest absolute Gasteiger partial charge is 0.337 e. The van der Waals surface area contributed by atoms with Crippen molar-refractivity contribution in [3.63, 3.8) is 0 Å². The minimum atomic E-state index is -0.428. The molecule has 0 aliphatic rings. The number of methoxy groups -OCH3 is 1. The number of carbonyl (C=O) groups is 2. The molecule has 1 amide bonds. The molecule has 3 aromatic rings. The fraction of sp³-hybridized carbons (Fsp3) is 0.0526. The largest absolute Gasteiger partial charge is 0.465 e. The van der Waals surface area contributed by atoms with Crippen LogP contribution in [-0.2, 0) is 4.74 Å². The third-order valence-electron chi connectivity index (χ3n) is 3.58. The zero-order chi connectivity index (χ0) is 19.2. The number of amides is 1. The molecule has 7 nitrogen and oxygen atoms in total. The summed E-state index contributed by atoms with van der Waals surface area (Å²) in [4.78, 5) is 23.8. The van der Waals surface area contributed by atoms with E-state index >= 15 is 0 Å². The summed E-state index contributed by atoms with van der Waals surface area (Å²) in [5, 5.41) is 14.0. The number of carbonyl (C=O) groups excluding carboxylic acids is 2. The van der Waals surface area contributed by atoms with Crippen LogP contribution in [0.1, 0.15) is 20.7 Å². The second-order valence-corrected chi connectivity index (χ2v) is 5.84. The molecule has 0 radical (unpaired) electrons. The number of halogens is 1. The summed E-state index contributed by atoms with van der Waals surface area (Å²) in [6, 6.07) is 16.8. The van der Waals surface area contributed by atoms with Gasteiger partial charge in [0.25, 0.3) is 5.91 Å². The van der Waals surface area contributed by atoms with Gasteiger partial charge in [-0.15, -0.1) is 10.2 Å². The van der Waals surface area contributed by atoms with E-state index in [0.29, 0.717) is 27.7 Å². The molecule has 0 saturated heterocycles. The summed E-state index contributed by atoms with van der Waals surface area (Å²) >= 11 is 6.01. The minimum absolute atomic E-state index is 0.286. The second kappa shape index (κ2) is 8.29. The highest BCUT2D eigenvalue weighted by Gasteiger charge is 2.11. The van der Waals surface area contributed by atoms with Crippen molar-refractivity contribution in [2.24, 2.45) is 0 Å². The lowest BCUT2D eigenvalue weighted by Crippen LogP contribution is -2.14. The number of hydrogen-bond donors (Lipinski definition) is 2. The van der Waals surface area contributed by atoms with Crippen LogP contribution in [0.2, 0.25) is 5.02 Å². The predicted octanol–water partition coefficient (Wildman–Crippen LogP) is 3.91. The van der Waals surface area contributed by atoms with Gasteiger partial charge in [-0.3, -0.25) is 4.79 Å². The Morgan fingerprint density at radius 1 is 0.963 bits per heavy atom. The van der Waals surface area contributed by atoms with Crippen LogP contribution < -0.4 is 10.6 Å². The van der Waals surface area contributed by atoms with Crippen LogP contribution in [0.3, 0.4) is 0 Å². The van der Waals surface area contributed by atoms with Gasteiger partial charge in [0, 0.05) is 5.69 Å². The standard InChI is InChI=1S/C19H15ClN4O3/c1-27-19(26)12-5-4-6-13(11-12)21-16-9-10-17(24-23-16)22-18(25)14-7-2-3-8-15(14)20/h2-11H,1H3,(H,21,23)(H,22,24,25). The number of rotatable bonds is 5. The van der Waals surface area contributed by atoms with Crippen molar-refractivity contribution in [3.8, 4) is 0 Å². The van der Waals surface area contributed by atoms with Crippen LogP contribution in [0, 0.1) is 0 Å². The molecular formula is C19H15ClN4O3. The predicted molar refractivity (Wildman–Crippen MR) is 103 cm³/mol. The summed E-state index contributed by atoms with van der Waals surface area (Å²) in [5.74, 6) is -0.0645. The molecule has 136 valence electrons. The first-order valence-corrected chi connectivity index (χ1v) is 8.29. The van der Waals surface area contributed by atoms with E-state index < -0.39 is 5.97 Å². The fourth-order valence-electron chi connectivity index (χ4n) is 2.28. The van der Waals surface area contributed by atoms with Crippen LogP contribution in [-0.4, -0.2) is 29.2 Å². The van der Waals surface area contributed by atoms with E-state index in [-0.39, 0.29) is 11.7 Å². The van der Waals surface area contributed by atoms with Gasteiger partial charge in [-0.1, -0.05) is 29.8 Å². The van der Waals surface area contributed by atoms with Gasteiger partial charge in [0.15, 0.2) is 11.6 Å². The number of hydrogen-bond acceptors (Lipinski definition) is 6. The first-order valence-electron chi connectivity index (χ1n) is 7.92. The van der Waals surface area contributed by atoms with E-state index in [1.54, 1.807) is 60.7 Å². The first-order chi connectivity index (χ1) is 13.1. The van der Waals surface area contributed by atoms with Crippen molar-refractivity contribution in [1.29, 1.82) is 0 Å². The number of nitrogens with zero attached hydrogens (tertiary/aromatic N) is 2. The highest BCUT2D eigenvalue weighted by molar-refractivity contribution is 6.34. The van der Waals surface area contributed by atoms with Crippen molar-refractivity contribution in [1.82, 2.24) is 10.2 Å². The van der Waals surface area contributed by atoms with Gasteiger partial charge in [0.2, 0.25) is 0 Å². The van der Waals surface area contributed by atoms with Crippen molar-refractivity contribution >= 4 is 40.8 Å². The Labute approximate surface area is 160 Å². The van der Waals surface area contributed by atoms with E-state index in [4.69, 9.17) is 16.3 Å². The first kappa shape index (κ1) is 18.3. The molecule has 8 heteroatoms. The van der Waals surface area contributed by atoms with Gasteiger partial charge in [-0.05, 0) is 42.5 Å². The molecular weight excluding hydrogens is 368 g/mol. The number of ether oxygens (including phenoxy) is 1. The zero-order valence-electron chi connectivity index (χ0n) is 14.3. The summed E-state index contributed by atoms with van der Waals surface area (Å²) < 4.78 is 4.69. The third-order valence-corrected chi connectivity index (χ3v) is 3.91. The summed E-state index contributed by atoms with van der Waals surface area (Å²) in [6.07, 6.45) is 0. The van der Waals surface area contributed by atoms with Crippen molar-refractivity contribution in [2.75, 3.05) is 17.7 Å². The van der Waals surface area contributed by atoms with E-state index in [9.17, 15) is 9.59 Å². The van der Waals surface area contributed by atoms with Gasteiger partial charge in [0.1, 0.15) is 0 Å². The fourth-order valence-corrected chi connectivity index (χ4v) is 2.51. The molecule has 0 bridgehead atoms. The molecule has 2 N–H and O–H groups in total. The quantitative estimate of drug-likeness (QED) is 0.650. The second-order valence-electron chi connectivity index (χ2n) is 5.44. The SMILES string of the molecule is COC(=O)c1cccc(Nc2ccc(NC(=O)c3ccccc3Cl)nn2)c1. The summed E-state index contributed by atoms with van der Waals surface area (Å²) in [7, 11) is 1.32. The minimum Gasteiger partial charge on any atom is -0.465 e. The maximum Gasteiger partial charge on any atom is 0.337 e. The molecule has 1 heterocycles. The maximum atomic E-state index is 12.2. The van der Waals surface area contributed by atoms with Crippen LogP contribution in [0.25, 0.3) is 0 Å². The number of nitrogens with one attached hydrogen (secondary N) is 2. The van der Waals surface area contributed by atoms with Crippen molar-refractivity contribution in [3.05, 3.63) is 76.8 Å². The van der Waals surface area contributed by atoms with Gasteiger partial charge in [-0.25, -0.2) is 4.79 Å². The van der Waals surface area contributed by atoms with Crippen LogP contribution in [0.5, 0.6) is 0 Å². The van der Waals surface area contributed by atoms with Crippen LogP contribution >= 0.6 is 11.6 Å². The molecule has 0 fully saturated rings. The molecule has 0 saturated carbocycles. The van der Waals surface area contributed by atoms with E-state index in [2.05, 4.69) is 20.8 Å². The number of esters is 1. The number of benzene rings is 2. The van der Waals surface area contributed by atoms with Crippen molar-refractivity contribution < 1.29 is 14.3 Å². The van der Waals surface area contributed by atoms with E-state index in [1.165, 1.54) is 7.11 Å². The Balaban J connectivity index is 1.68. The lowest BCUT2D eigenvalue weighted by atomic mass is 10.2. The molecule has 0 aliphatic heterocycles. The Bertz CT molecular complexity index is 977. The highest BCUT2D eigenvalue weighted by Crippen LogP contribution is 2.19. The number of aromatic nitrogens is 2. The van der Waals surface area contributed by atoms with Crippen LogP contribution in [0.15, 0.2) is 60.7 Å². The molecule has 2 aromatic carbocycles. The molecule has 3 rings (SSSR count). The van der Waals surface area contributed by atoms with Gasteiger partial charge >= 0.3 is 5.97 Å². The summed E-state index contributed by atoms with van der Waals surface area (Å²) in [6.45, 7) is 0. The third kappa shape index (κ3) is 4.59. The lowest BCUT2D eigenvalue weighted by molar-refractivity contribution is 0.0600. The van der Waals surface area contributed by atoms with Crippen molar-refractivity contribution in [2.45, 2.75) is 0 Å². The summed E-state index contributed by atoms with van der Waals surface area (Å²) in [5.41, 5.74) is 1.42. The molecule has 1 aromatic heterocycles. The Kier molecular flexibility index (Phi) is 5.63. The zero-order valence-corrected chi connectivity index (χ0v) is 15.0. The lowest BCUT2D eigenvalue weighted by Gasteiger charge is -2.08. The molecule has 0 spiro atoms. The molecule has 0 atom stereocenters. The topological polar surface area (TPSA) is 93.2 Å². The Morgan fingerprint density at radius 3 is 2.41 bits per heavy atom. The average molecular weight is 383 g/mol. The Morgan fingerprint density at radius 2 is 1.70 bits per heavy atom. The van der Waals surface area contributed by atoms with Gasteiger partial charge < -0.3 is 15.4 Å². The van der Waals surface area contributed by atoms with E-state index in [1.807, 2.05) is 0 Å². The highest BCUT2D eigenvalue weighted by atomic mass is 35.5. The molecule has 27 heavy (non-hydrogen) atoms. The normalized spacial score (nSPS) is 10.1. The molecule has 0 aliphatic carbocycles. The number of anilines is 3. The molecule has 0 unspecified atom stereocenters. The monoisotopic (exact) mass is 382 g/mol.